The van der Waals surface area contributed by atoms with Crippen LogP contribution in [0.5, 0.6) is 0 Å². The SMILES string of the molecule is CC(CN1CCCC1)NCC#Cc1ccccc1. The molecule has 1 aromatic carbocycles. The third-order valence-corrected chi connectivity index (χ3v) is 3.28. The summed E-state index contributed by atoms with van der Waals surface area (Å²) in [7, 11) is 0. The van der Waals surface area contributed by atoms with Crippen LogP contribution in [-0.4, -0.2) is 37.1 Å². The van der Waals surface area contributed by atoms with Crippen molar-refractivity contribution in [3.63, 3.8) is 0 Å². The third-order valence-electron chi connectivity index (χ3n) is 3.28. The predicted octanol–water partition coefficient (Wildman–Crippen LogP) is 2.11. The van der Waals surface area contributed by atoms with Gasteiger partial charge in [-0.1, -0.05) is 30.0 Å². The van der Waals surface area contributed by atoms with Crippen molar-refractivity contribution < 1.29 is 0 Å². The van der Waals surface area contributed by atoms with E-state index >= 15 is 0 Å². The summed E-state index contributed by atoms with van der Waals surface area (Å²) in [6.07, 6.45) is 2.72. The standard InChI is InChI=1S/C16H22N2/c1-15(14-18-12-5-6-13-18)17-11-7-10-16-8-3-2-4-9-16/h2-4,8-9,15,17H,5-6,11-14H2,1H3. The molecule has 0 aliphatic carbocycles. The van der Waals surface area contributed by atoms with E-state index in [0.29, 0.717) is 6.04 Å². The number of rotatable bonds is 4. The second kappa shape index (κ2) is 7.20. The molecule has 2 rings (SSSR count). The Hall–Kier alpha value is -1.30. The molecule has 0 spiro atoms. The number of nitrogens with one attached hydrogen (secondary N) is 1. The fraction of sp³-hybridized carbons (Fsp3) is 0.500. The molecule has 18 heavy (non-hydrogen) atoms. The van der Waals surface area contributed by atoms with Crippen LogP contribution < -0.4 is 5.32 Å². The van der Waals surface area contributed by atoms with E-state index < -0.39 is 0 Å². The normalized spacial score (nSPS) is 17.2. The lowest BCUT2D eigenvalue weighted by Crippen LogP contribution is -2.38. The molecule has 1 saturated heterocycles. The molecule has 1 unspecified atom stereocenters. The largest absolute Gasteiger partial charge is 0.302 e. The van der Waals surface area contributed by atoms with Crippen molar-refractivity contribution in [2.24, 2.45) is 0 Å². The lowest BCUT2D eigenvalue weighted by atomic mass is 10.2. The van der Waals surface area contributed by atoms with Gasteiger partial charge in [-0.15, -0.1) is 0 Å². The molecule has 1 N–H and O–H groups in total. The number of benzene rings is 1. The molecule has 1 atom stereocenters. The van der Waals surface area contributed by atoms with Crippen molar-refractivity contribution in [3.05, 3.63) is 35.9 Å². The Morgan fingerprint density at radius 3 is 2.67 bits per heavy atom. The summed E-state index contributed by atoms with van der Waals surface area (Å²) >= 11 is 0. The van der Waals surface area contributed by atoms with Crippen LogP contribution in [0.25, 0.3) is 0 Å². The monoisotopic (exact) mass is 242 g/mol. The first-order valence-corrected chi connectivity index (χ1v) is 6.84. The van der Waals surface area contributed by atoms with E-state index in [4.69, 9.17) is 0 Å². The highest BCUT2D eigenvalue weighted by Gasteiger charge is 2.13. The predicted molar refractivity (Wildman–Crippen MR) is 76.5 cm³/mol. The Bertz CT molecular complexity index is 396. The summed E-state index contributed by atoms with van der Waals surface area (Å²) in [5.41, 5.74) is 1.09. The van der Waals surface area contributed by atoms with Crippen LogP contribution in [0.4, 0.5) is 0 Å². The van der Waals surface area contributed by atoms with Gasteiger partial charge in [0.25, 0.3) is 0 Å². The van der Waals surface area contributed by atoms with E-state index in [1.165, 1.54) is 25.9 Å². The first kappa shape index (κ1) is 13.1. The molecule has 2 heteroatoms. The summed E-state index contributed by atoms with van der Waals surface area (Å²) in [6, 6.07) is 10.7. The lowest BCUT2D eigenvalue weighted by Gasteiger charge is -2.20. The Morgan fingerprint density at radius 2 is 1.94 bits per heavy atom. The third kappa shape index (κ3) is 4.52. The summed E-state index contributed by atoms with van der Waals surface area (Å²) in [6.45, 7) is 6.68. The highest BCUT2D eigenvalue weighted by molar-refractivity contribution is 5.33. The molecule has 0 bridgehead atoms. The topological polar surface area (TPSA) is 15.3 Å². The van der Waals surface area contributed by atoms with Gasteiger partial charge in [0.2, 0.25) is 0 Å². The first-order valence-electron chi connectivity index (χ1n) is 6.84. The van der Waals surface area contributed by atoms with E-state index in [1.54, 1.807) is 0 Å². The molecular weight excluding hydrogens is 220 g/mol. The van der Waals surface area contributed by atoms with Gasteiger partial charge in [-0.2, -0.15) is 0 Å². The van der Waals surface area contributed by atoms with Gasteiger partial charge in [0.1, 0.15) is 0 Å². The van der Waals surface area contributed by atoms with Crippen LogP contribution in [0.2, 0.25) is 0 Å². The molecule has 0 radical (unpaired) electrons. The number of nitrogens with zero attached hydrogens (tertiary/aromatic N) is 1. The molecule has 1 aliphatic heterocycles. The van der Waals surface area contributed by atoms with Gasteiger partial charge >= 0.3 is 0 Å². The molecular formula is C16H22N2. The summed E-state index contributed by atoms with van der Waals surface area (Å²) in [4.78, 5) is 2.53. The van der Waals surface area contributed by atoms with Gasteiger partial charge in [0.15, 0.2) is 0 Å². The van der Waals surface area contributed by atoms with E-state index in [2.05, 4.69) is 29.0 Å². The summed E-state index contributed by atoms with van der Waals surface area (Å²) < 4.78 is 0. The van der Waals surface area contributed by atoms with Gasteiger partial charge < -0.3 is 10.2 Å². The molecule has 1 aliphatic rings. The minimum absolute atomic E-state index is 0.521. The van der Waals surface area contributed by atoms with Crippen LogP contribution in [0.15, 0.2) is 30.3 Å². The average Bonchev–Trinajstić information content (AvgIpc) is 2.89. The van der Waals surface area contributed by atoms with Gasteiger partial charge in [-0.25, -0.2) is 0 Å². The fourth-order valence-corrected chi connectivity index (χ4v) is 2.31. The van der Waals surface area contributed by atoms with Gasteiger partial charge in [0.05, 0.1) is 6.54 Å². The smallest absolute Gasteiger partial charge is 0.0582 e. The lowest BCUT2D eigenvalue weighted by molar-refractivity contribution is 0.303. The first-order chi connectivity index (χ1) is 8.84. The maximum atomic E-state index is 3.46. The second-order valence-corrected chi connectivity index (χ2v) is 4.96. The Kier molecular flexibility index (Phi) is 5.26. The maximum Gasteiger partial charge on any atom is 0.0582 e. The molecule has 1 heterocycles. The van der Waals surface area contributed by atoms with E-state index in [-0.39, 0.29) is 0 Å². The fourth-order valence-electron chi connectivity index (χ4n) is 2.31. The van der Waals surface area contributed by atoms with Gasteiger partial charge in [-0.3, -0.25) is 0 Å². The Labute approximate surface area is 110 Å². The average molecular weight is 242 g/mol. The molecule has 1 aromatic rings. The second-order valence-electron chi connectivity index (χ2n) is 4.96. The molecule has 1 fully saturated rings. The highest BCUT2D eigenvalue weighted by atomic mass is 15.2. The highest BCUT2D eigenvalue weighted by Crippen LogP contribution is 2.07. The number of likely N-dealkylation sites (tertiary alicyclic amines) is 1. The van der Waals surface area contributed by atoms with Crippen LogP contribution in [-0.2, 0) is 0 Å². The Morgan fingerprint density at radius 1 is 1.22 bits per heavy atom. The molecule has 2 nitrogen and oxygen atoms in total. The quantitative estimate of drug-likeness (QED) is 0.814. The van der Waals surface area contributed by atoms with Crippen molar-refractivity contribution >= 4 is 0 Å². The molecule has 0 aromatic heterocycles. The zero-order valence-electron chi connectivity index (χ0n) is 11.2. The van der Waals surface area contributed by atoms with Crippen LogP contribution >= 0.6 is 0 Å². The zero-order chi connectivity index (χ0) is 12.6. The molecule has 0 amide bonds. The van der Waals surface area contributed by atoms with E-state index in [1.807, 2.05) is 30.3 Å². The minimum atomic E-state index is 0.521. The van der Waals surface area contributed by atoms with Crippen LogP contribution in [0.1, 0.15) is 25.3 Å². The Balaban J connectivity index is 1.67. The number of hydrogen-bond donors (Lipinski definition) is 1. The molecule has 96 valence electrons. The minimum Gasteiger partial charge on any atom is -0.302 e. The maximum absolute atomic E-state index is 3.46. The van der Waals surface area contributed by atoms with E-state index in [9.17, 15) is 0 Å². The van der Waals surface area contributed by atoms with Crippen molar-refractivity contribution in [3.8, 4) is 11.8 Å². The summed E-state index contributed by atoms with van der Waals surface area (Å²) in [5, 5.41) is 3.46. The van der Waals surface area contributed by atoms with Gasteiger partial charge in [-0.05, 0) is 45.0 Å². The van der Waals surface area contributed by atoms with E-state index in [0.717, 1.165) is 18.7 Å². The zero-order valence-corrected chi connectivity index (χ0v) is 11.2. The summed E-state index contributed by atoms with van der Waals surface area (Å²) in [5.74, 6) is 6.35. The molecule has 0 saturated carbocycles. The van der Waals surface area contributed by atoms with Crippen molar-refractivity contribution in [1.82, 2.24) is 10.2 Å². The van der Waals surface area contributed by atoms with Crippen LogP contribution in [0, 0.1) is 11.8 Å². The van der Waals surface area contributed by atoms with Crippen molar-refractivity contribution in [2.45, 2.75) is 25.8 Å². The number of hydrogen-bond acceptors (Lipinski definition) is 2. The van der Waals surface area contributed by atoms with Crippen LogP contribution in [0.3, 0.4) is 0 Å². The van der Waals surface area contributed by atoms with Gasteiger partial charge in [0, 0.05) is 18.2 Å². The van der Waals surface area contributed by atoms with Crippen molar-refractivity contribution in [2.75, 3.05) is 26.2 Å². The van der Waals surface area contributed by atoms with Crippen molar-refractivity contribution in [1.29, 1.82) is 0 Å².